The van der Waals surface area contributed by atoms with Crippen molar-refractivity contribution >= 4 is 37.5 Å². The molecule has 0 saturated carbocycles. The van der Waals surface area contributed by atoms with Crippen LogP contribution in [0.2, 0.25) is 0 Å². The molecule has 1 aliphatic heterocycles. The Labute approximate surface area is 133 Å². The molecule has 106 valence electrons. The summed E-state index contributed by atoms with van der Waals surface area (Å²) >= 11 is 7.12. The summed E-state index contributed by atoms with van der Waals surface area (Å²) in [6, 6.07) is 7.38. The average Bonchev–Trinajstić information content (AvgIpc) is 2.62. The van der Waals surface area contributed by atoms with Crippen molar-refractivity contribution in [3.05, 3.63) is 27.1 Å². The number of halogens is 2. The van der Waals surface area contributed by atoms with Crippen LogP contribution in [0.1, 0.15) is 39.0 Å². The highest BCUT2D eigenvalue weighted by molar-refractivity contribution is 9.11. The monoisotopic (exact) mass is 388 g/mol. The van der Waals surface area contributed by atoms with Crippen LogP contribution in [0.25, 0.3) is 0 Å². The summed E-state index contributed by atoms with van der Waals surface area (Å²) in [5.74, 6) is 0. The van der Waals surface area contributed by atoms with Crippen molar-refractivity contribution in [1.29, 1.82) is 0 Å². The van der Waals surface area contributed by atoms with E-state index in [2.05, 4.69) is 61.5 Å². The highest BCUT2D eigenvalue weighted by Gasteiger charge is 2.15. The second-order valence-electron chi connectivity index (χ2n) is 5.41. The first-order valence-electron chi connectivity index (χ1n) is 7.10. The van der Waals surface area contributed by atoms with E-state index in [1.54, 1.807) is 0 Å². The average molecular weight is 390 g/mol. The predicted molar refractivity (Wildman–Crippen MR) is 89.8 cm³/mol. The van der Waals surface area contributed by atoms with E-state index in [0.717, 1.165) is 14.6 Å². The maximum atomic E-state index is 3.66. The lowest BCUT2D eigenvalue weighted by atomic mass is 10.0. The van der Waals surface area contributed by atoms with Crippen molar-refractivity contribution in [2.45, 2.75) is 51.1 Å². The van der Waals surface area contributed by atoms with Crippen LogP contribution in [0.3, 0.4) is 0 Å². The summed E-state index contributed by atoms with van der Waals surface area (Å²) in [4.78, 5) is 0. The second-order valence-corrected chi connectivity index (χ2v) is 7.18. The van der Waals surface area contributed by atoms with Gasteiger partial charge in [-0.05, 0) is 66.9 Å². The molecule has 4 heteroatoms. The first-order chi connectivity index (χ1) is 9.15. The zero-order valence-corrected chi connectivity index (χ0v) is 14.6. The van der Waals surface area contributed by atoms with Crippen molar-refractivity contribution in [3.8, 4) is 0 Å². The first kappa shape index (κ1) is 15.3. The second kappa shape index (κ2) is 7.65. The van der Waals surface area contributed by atoms with Gasteiger partial charge in [0.15, 0.2) is 0 Å². The van der Waals surface area contributed by atoms with Crippen LogP contribution < -0.4 is 10.6 Å². The fourth-order valence-corrected chi connectivity index (χ4v) is 3.38. The largest absolute Gasteiger partial charge is 0.382 e. The third-order valence-electron chi connectivity index (χ3n) is 3.63. The standard InChI is InChI=1S/C15H22Br2N2/c1-11(9-13-5-3-2-4-8-18-13)19-15-10-12(16)6-7-14(15)17/h6-7,10-11,13,18-19H,2-5,8-9H2,1H3. The zero-order valence-electron chi connectivity index (χ0n) is 11.4. The van der Waals surface area contributed by atoms with Gasteiger partial charge in [-0.25, -0.2) is 0 Å². The van der Waals surface area contributed by atoms with E-state index in [4.69, 9.17) is 0 Å². The van der Waals surface area contributed by atoms with Crippen molar-refractivity contribution in [2.24, 2.45) is 0 Å². The fourth-order valence-electron chi connectivity index (χ4n) is 2.66. The molecule has 0 bridgehead atoms. The first-order valence-corrected chi connectivity index (χ1v) is 8.68. The van der Waals surface area contributed by atoms with E-state index in [9.17, 15) is 0 Å². The van der Waals surface area contributed by atoms with Crippen molar-refractivity contribution in [3.63, 3.8) is 0 Å². The highest BCUT2D eigenvalue weighted by atomic mass is 79.9. The van der Waals surface area contributed by atoms with E-state index in [1.807, 2.05) is 6.07 Å². The molecule has 0 aromatic heterocycles. The predicted octanol–water partition coefficient (Wildman–Crippen LogP) is 4.93. The Morgan fingerprint density at radius 2 is 2.16 bits per heavy atom. The normalized spacial score (nSPS) is 21.7. The van der Waals surface area contributed by atoms with Gasteiger partial charge in [-0.3, -0.25) is 0 Å². The molecule has 1 fully saturated rings. The lowest BCUT2D eigenvalue weighted by Crippen LogP contribution is -2.33. The third-order valence-corrected chi connectivity index (χ3v) is 4.82. The van der Waals surface area contributed by atoms with Crippen LogP contribution in [0, 0.1) is 0 Å². The lowest BCUT2D eigenvalue weighted by Gasteiger charge is -2.23. The summed E-state index contributed by atoms with van der Waals surface area (Å²) in [5.41, 5.74) is 1.16. The van der Waals surface area contributed by atoms with Crippen LogP contribution in [-0.4, -0.2) is 18.6 Å². The molecular formula is C15H22Br2N2. The van der Waals surface area contributed by atoms with E-state index in [-0.39, 0.29) is 0 Å². The Hall–Kier alpha value is -0.0600. The van der Waals surface area contributed by atoms with E-state index >= 15 is 0 Å². The van der Waals surface area contributed by atoms with Gasteiger partial charge >= 0.3 is 0 Å². The number of hydrogen-bond donors (Lipinski definition) is 2. The molecular weight excluding hydrogens is 368 g/mol. The molecule has 2 nitrogen and oxygen atoms in total. The van der Waals surface area contributed by atoms with Crippen LogP contribution in [0.5, 0.6) is 0 Å². The maximum Gasteiger partial charge on any atom is 0.0498 e. The van der Waals surface area contributed by atoms with Crippen LogP contribution in [0.4, 0.5) is 5.69 Å². The van der Waals surface area contributed by atoms with Crippen molar-refractivity contribution < 1.29 is 0 Å². The van der Waals surface area contributed by atoms with Gasteiger partial charge in [-0.2, -0.15) is 0 Å². The number of rotatable bonds is 4. The summed E-state index contributed by atoms with van der Waals surface area (Å²) in [7, 11) is 0. The van der Waals surface area contributed by atoms with Crippen molar-refractivity contribution in [2.75, 3.05) is 11.9 Å². The van der Waals surface area contributed by atoms with Gasteiger partial charge in [-0.15, -0.1) is 0 Å². The van der Waals surface area contributed by atoms with E-state index in [0.29, 0.717) is 12.1 Å². The smallest absolute Gasteiger partial charge is 0.0498 e. The number of hydrogen-bond acceptors (Lipinski definition) is 2. The molecule has 1 saturated heterocycles. The van der Waals surface area contributed by atoms with Crippen LogP contribution in [-0.2, 0) is 0 Å². The fraction of sp³-hybridized carbons (Fsp3) is 0.600. The van der Waals surface area contributed by atoms with E-state index in [1.165, 1.54) is 38.6 Å². The minimum Gasteiger partial charge on any atom is -0.382 e. The number of benzene rings is 1. The zero-order chi connectivity index (χ0) is 13.7. The van der Waals surface area contributed by atoms with Gasteiger partial charge in [0.05, 0.1) is 0 Å². The number of anilines is 1. The summed E-state index contributed by atoms with van der Waals surface area (Å²) in [5, 5.41) is 7.27. The minimum atomic E-state index is 0.473. The molecule has 0 spiro atoms. The molecule has 2 N–H and O–H groups in total. The summed E-state index contributed by atoms with van der Waals surface area (Å²) in [6.07, 6.45) is 6.56. The SMILES string of the molecule is CC(CC1CCCCCN1)Nc1cc(Br)ccc1Br. The van der Waals surface area contributed by atoms with Gasteiger partial charge < -0.3 is 10.6 Å². The third kappa shape index (κ3) is 5.09. The van der Waals surface area contributed by atoms with Gasteiger partial charge in [-0.1, -0.05) is 28.8 Å². The molecule has 1 heterocycles. The number of nitrogens with one attached hydrogen (secondary N) is 2. The quantitative estimate of drug-likeness (QED) is 0.762. The molecule has 0 aliphatic carbocycles. The molecule has 0 radical (unpaired) electrons. The Morgan fingerprint density at radius 1 is 1.32 bits per heavy atom. The molecule has 1 aromatic rings. The minimum absolute atomic E-state index is 0.473. The van der Waals surface area contributed by atoms with Gasteiger partial charge in [0, 0.05) is 26.7 Å². The molecule has 19 heavy (non-hydrogen) atoms. The summed E-state index contributed by atoms with van der Waals surface area (Å²) in [6.45, 7) is 3.44. The Morgan fingerprint density at radius 3 is 3.00 bits per heavy atom. The van der Waals surface area contributed by atoms with Crippen LogP contribution >= 0.6 is 31.9 Å². The van der Waals surface area contributed by atoms with E-state index < -0.39 is 0 Å². The maximum absolute atomic E-state index is 3.66. The Balaban J connectivity index is 1.89. The Bertz CT molecular complexity index is 401. The molecule has 2 rings (SSSR count). The molecule has 2 unspecified atom stereocenters. The molecule has 0 amide bonds. The highest BCUT2D eigenvalue weighted by Crippen LogP contribution is 2.27. The van der Waals surface area contributed by atoms with Gasteiger partial charge in [0.2, 0.25) is 0 Å². The summed E-state index contributed by atoms with van der Waals surface area (Å²) < 4.78 is 2.23. The van der Waals surface area contributed by atoms with Crippen LogP contribution in [0.15, 0.2) is 27.1 Å². The topological polar surface area (TPSA) is 24.1 Å². The van der Waals surface area contributed by atoms with Gasteiger partial charge in [0.25, 0.3) is 0 Å². The Kier molecular flexibility index (Phi) is 6.17. The van der Waals surface area contributed by atoms with Crippen molar-refractivity contribution in [1.82, 2.24) is 5.32 Å². The lowest BCUT2D eigenvalue weighted by molar-refractivity contribution is 0.456. The molecule has 1 aliphatic rings. The van der Waals surface area contributed by atoms with Gasteiger partial charge in [0.1, 0.15) is 0 Å². The molecule has 1 aromatic carbocycles. The molecule has 2 atom stereocenters.